The summed E-state index contributed by atoms with van der Waals surface area (Å²) >= 11 is 5.52. The molecule has 0 unspecified atom stereocenters. The van der Waals surface area contributed by atoms with E-state index >= 15 is 0 Å². The lowest BCUT2D eigenvalue weighted by atomic mass is 9.88. The number of hydrogen-bond donors (Lipinski definition) is 1. The van der Waals surface area contributed by atoms with E-state index in [0.29, 0.717) is 12.3 Å². The molecule has 0 aromatic heterocycles. The van der Waals surface area contributed by atoms with Crippen molar-refractivity contribution < 1.29 is 8.42 Å². The van der Waals surface area contributed by atoms with Gasteiger partial charge in [-0.2, -0.15) is 0 Å². The highest BCUT2D eigenvalue weighted by molar-refractivity contribution is 7.89. The van der Waals surface area contributed by atoms with Gasteiger partial charge in [-0.3, -0.25) is 0 Å². The molecule has 1 aliphatic carbocycles. The summed E-state index contributed by atoms with van der Waals surface area (Å²) in [5.74, 6) is 1.50. The average molecular weight is 268 g/mol. The van der Waals surface area contributed by atoms with Crippen molar-refractivity contribution in [1.82, 2.24) is 4.72 Å². The lowest BCUT2D eigenvalue weighted by Crippen LogP contribution is -2.38. The first-order chi connectivity index (χ1) is 7.53. The molecule has 0 atom stereocenters. The molecule has 0 amide bonds. The van der Waals surface area contributed by atoms with Gasteiger partial charge < -0.3 is 0 Å². The molecule has 1 saturated carbocycles. The molecule has 16 heavy (non-hydrogen) atoms. The number of unbranched alkanes of at least 4 members (excludes halogenated alkanes) is 1. The number of hydrogen-bond acceptors (Lipinski definition) is 2. The van der Waals surface area contributed by atoms with Gasteiger partial charge in [-0.05, 0) is 44.4 Å². The van der Waals surface area contributed by atoms with Crippen LogP contribution in [0.3, 0.4) is 0 Å². The van der Waals surface area contributed by atoms with E-state index < -0.39 is 10.0 Å². The highest BCUT2D eigenvalue weighted by atomic mass is 35.5. The van der Waals surface area contributed by atoms with Gasteiger partial charge in [0.15, 0.2) is 0 Å². The number of sulfonamides is 1. The Morgan fingerprint density at radius 1 is 1.19 bits per heavy atom. The van der Waals surface area contributed by atoms with Crippen molar-refractivity contribution in [2.75, 3.05) is 11.6 Å². The molecule has 96 valence electrons. The van der Waals surface area contributed by atoms with Crippen molar-refractivity contribution >= 4 is 21.6 Å². The second-order valence-electron chi connectivity index (χ2n) is 4.79. The Balaban J connectivity index is 2.29. The minimum Gasteiger partial charge on any atom is -0.212 e. The molecule has 1 rings (SSSR count). The fourth-order valence-corrected chi connectivity index (χ4v) is 3.71. The molecule has 0 radical (unpaired) electrons. The lowest BCUT2D eigenvalue weighted by molar-refractivity contribution is 0.332. The van der Waals surface area contributed by atoms with Crippen LogP contribution in [0, 0.1) is 5.92 Å². The minimum atomic E-state index is -3.08. The number of rotatable bonds is 6. The second-order valence-corrected chi connectivity index (χ2v) is 7.04. The largest absolute Gasteiger partial charge is 0.212 e. The fraction of sp³-hybridized carbons (Fsp3) is 1.00. The quantitative estimate of drug-likeness (QED) is 0.594. The van der Waals surface area contributed by atoms with Crippen LogP contribution in [0.1, 0.15) is 45.4 Å². The van der Waals surface area contributed by atoms with E-state index in [4.69, 9.17) is 11.6 Å². The SMILES string of the molecule is CC1CCC(NS(=O)(=O)CCCCCl)CC1. The van der Waals surface area contributed by atoms with Crippen molar-refractivity contribution in [3.63, 3.8) is 0 Å². The molecule has 1 fully saturated rings. The van der Waals surface area contributed by atoms with Crippen molar-refractivity contribution in [3.05, 3.63) is 0 Å². The molecule has 0 heterocycles. The summed E-state index contributed by atoms with van der Waals surface area (Å²) in [6.07, 6.45) is 5.65. The van der Waals surface area contributed by atoms with Gasteiger partial charge in [0.2, 0.25) is 10.0 Å². The van der Waals surface area contributed by atoms with Crippen molar-refractivity contribution in [1.29, 1.82) is 0 Å². The van der Waals surface area contributed by atoms with Gasteiger partial charge in [-0.1, -0.05) is 6.92 Å². The first-order valence-electron chi connectivity index (χ1n) is 6.09. The van der Waals surface area contributed by atoms with Gasteiger partial charge in [0, 0.05) is 11.9 Å². The summed E-state index contributed by atoms with van der Waals surface area (Å²) in [6, 6.07) is 0.164. The predicted octanol–water partition coefficient (Wildman–Crippen LogP) is 2.50. The van der Waals surface area contributed by atoms with E-state index in [2.05, 4.69) is 11.6 Å². The molecular formula is C11H22ClNO2S. The van der Waals surface area contributed by atoms with Gasteiger partial charge in [0.25, 0.3) is 0 Å². The normalized spacial score (nSPS) is 26.9. The number of nitrogens with one attached hydrogen (secondary N) is 1. The van der Waals surface area contributed by atoms with E-state index in [1.165, 1.54) is 0 Å². The maximum atomic E-state index is 11.7. The smallest absolute Gasteiger partial charge is 0.211 e. The second kappa shape index (κ2) is 6.82. The van der Waals surface area contributed by atoms with Gasteiger partial charge in [-0.25, -0.2) is 13.1 Å². The molecule has 0 aliphatic heterocycles. The third kappa shape index (κ3) is 5.51. The molecule has 0 bridgehead atoms. The van der Waals surface area contributed by atoms with E-state index in [1.54, 1.807) is 0 Å². The van der Waals surface area contributed by atoms with Crippen molar-refractivity contribution in [2.45, 2.75) is 51.5 Å². The predicted molar refractivity (Wildman–Crippen MR) is 68.3 cm³/mol. The summed E-state index contributed by atoms with van der Waals surface area (Å²) in [4.78, 5) is 0. The third-order valence-corrected chi connectivity index (χ3v) is 4.94. The topological polar surface area (TPSA) is 46.2 Å². The molecule has 0 saturated heterocycles. The molecule has 1 N–H and O–H groups in total. The summed E-state index contributed by atoms with van der Waals surface area (Å²) in [5, 5.41) is 0. The Bertz CT molecular complexity index is 284. The van der Waals surface area contributed by atoms with E-state index in [-0.39, 0.29) is 11.8 Å². The molecule has 5 heteroatoms. The van der Waals surface area contributed by atoms with Crippen LogP contribution in [-0.4, -0.2) is 26.1 Å². The standard InChI is InChI=1S/C11H22ClNO2S/c1-10-4-6-11(7-5-10)13-16(14,15)9-3-2-8-12/h10-11,13H,2-9H2,1H3. The van der Waals surface area contributed by atoms with Gasteiger partial charge in [0.1, 0.15) is 0 Å². The van der Waals surface area contributed by atoms with Crippen molar-refractivity contribution in [3.8, 4) is 0 Å². The van der Waals surface area contributed by atoms with Gasteiger partial charge >= 0.3 is 0 Å². The molecule has 3 nitrogen and oxygen atoms in total. The van der Waals surface area contributed by atoms with Crippen LogP contribution in [-0.2, 0) is 10.0 Å². The van der Waals surface area contributed by atoms with Crippen LogP contribution in [0.25, 0.3) is 0 Å². The Morgan fingerprint density at radius 2 is 1.81 bits per heavy atom. The van der Waals surface area contributed by atoms with Crippen LogP contribution in [0.5, 0.6) is 0 Å². The fourth-order valence-electron chi connectivity index (χ4n) is 2.08. The Kier molecular flexibility index (Phi) is 6.08. The maximum Gasteiger partial charge on any atom is 0.211 e. The highest BCUT2D eigenvalue weighted by Crippen LogP contribution is 2.23. The molecule has 0 aromatic rings. The van der Waals surface area contributed by atoms with Crippen LogP contribution in [0.2, 0.25) is 0 Å². The van der Waals surface area contributed by atoms with E-state index in [0.717, 1.165) is 38.0 Å². The Morgan fingerprint density at radius 3 is 2.38 bits per heavy atom. The van der Waals surface area contributed by atoms with Gasteiger partial charge in [0.05, 0.1) is 5.75 Å². The minimum absolute atomic E-state index is 0.164. The Labute approximate surface area is 104 Å². The number of alkyl halides is 1. The highest BCUT2D eigenvalue weighted by Gasteiger charge is 2.22. The lowest BCUT2D eigenvalue weighted by Gasteiger charge is -2.26. The molecule has 1 aliphatic rings. The van der Waals surface area contributed by atoms with Crippen LogP contribution >= 0.6 is 11.6 Å². The maximum absolute atomic E-state index is 11.7. The Hall–Kier alpha value is 0.200. The zero-order valence-corrected chi connectivity index (χ0v) is 11.5. The van der Waals surface area contributed by atoms with Crippen LogP contribution in [0.15, 0.2) is 0 Å². The van der Waals surface area contributed by atoms with E-state index in [9.17, 15) is 8.42 Å². The first-order valence-corrected chi connectivity index (χ1v) is 8.28. The van der Waals surface area contributed by atoms with Crippen LogP contribution in [0.4, 0.5) is 0 Å². The van der Waals surface area contributed by atoms with Crippen molar-refractivity contribution in [2.24, 2.45) is 5.92 Å². The third-order valence-electron chi connectivity index (χ3n) is 3.16. The molecule has 0 spiro atoms. The summed E-state index contributed by atoms with van der Waals surface area (Å²) in [7, 11) is -3.08. The average Bonchev–Trinajstić information content (AvgIpc) is 2.21. The zero-order chi connectivity index (χ0) is 12.0. The van der Waals surface area contributed by atoms with Crippen LogP contribution < -0.4 is 4.72 Å². The summed E-state index contributed by atoms with van der Waals surface area (Å²) in [6.45, 7) is 2.23. The first kappa shape index (κ1) is 14.3. The monoisotopic (exact) mass is 267 g/mol. The van der Waals surface area contributed by atoms with Gasteiger partial charge in [-0.15, -0.1) is 11.6 Å². The number of halogens is 1. The zero-order valence-electron chi connectivity index (χ0n) is 9.91. The summed E-state index contributed by atoms with van der Waals surface area (Å²) in [5.41, 5.74) is 0. The summed E-state index contributed by atoms with van der Waals surface area (Å²) < 4.78 is 26.2. The molecular weight excluding hydrogens is 246 g/mol. The molecule has 0 aromatic carbocycles. The van der Waals surface area contributed by atoms with E-state index in [1.807, 2.05) is 0 Å².